The van der Waals surface area contributed by atoms with Crippen molar-refractivity contribution < 1.29 is 8.42 Å². The standard InChI is InChI=1S/C15H25BrN2O2S/c1-4-5-6-7-8-18-21(19,20)14-10-13(11-17-3)9-12(2)15(14)16/h9-10,17-18H,4-8,11H2,1-3H3. The Morgan fingerprint density at radius 1 is 1.19 bits per heavy atom. The minimum absolute atomic E-state index is 0.322. The molecule has 0 spiro atoms. The van der Waals surface area contributed by atoms with Crippen molar-refractivity contribution in [1.82, 2.24) is 10.0 Å². The number of sulfonamides is 1. The first kappa shape index (κ1) is 18.6. The molecule has 0 fully saturated rings. The fourth-order valence-electron chi connectivity index (χ4n) is 2.15. The first-order valence-electron chi connectivity index (χ1n) is 7.35. The highest BCUT2D eigenvalue weighted by Gasteiger charge is 2.19. The summed E-state index contributed by atoms with van der Waals surface area (Å²) in [6.45, 7) is 5.18. The van der Waals surface area contributed by atoms with Crippen LogP contribution < -0.4 is 10.0 Å². The van der Waals surface area contributed by atoms with Crippen molar-refractivity contribution in [2.24, 2.45) is 0 Å². The largest absolute Gasteiger partial charge is 0.316 e. The highest BCUT2D eigenvalue weighted by molar-refractivity contribution is 9.10. The van der Waals surface area contributed by atoms with Crippen LogP contribution in [0.25, 0.3) is 0 Å². The van der Waals surface area contributed by atoms with Crippen molar-refractivity contribution in [1.29, 1.82) is 0 Å². The molecule has 1 aromatic carbocycles. The molecule has 6 heteroatoms. The van der Waals surface area contributed by atoms with Crippen molar-refractivity contribution in [2.45, 2.75) is 51.0 Å². The lowest BCUT2D eigenvalue weighted by Crippen LogP contribution is -2.25. The summed E-state index contributed by atoms with van der Waals surface area (Å²) in [7, 11) is -1.62. The van der Waals surface area contributed by atoms with E-state index in [4.69, 9.17) is 0 Å². The van der Waals surface area contributed by atoms with Gasteiger partial charge in [-0.25, -0.2) is 13.1 Å². The SMILES string of the molecule is CCCCCCNS(=O)(=O)c1cc(CNC)cc(C)c1Br. The van der Waals surface area contributed by atoms with Crippen molar-refractivity contribution >= 4 is 26.0 Å². The zero-order chi connectivity index (χ0) is 15.9. The van der Waals surface area contributed by atoms with Crippen molar-refractivity contribution in [3.63, 3.8) is 0 Å². The molecule has 4 nitrogen and oxygen atoms in total. The van der Waals surface area contributed by atoms with E-state index in [2.05, 4.69) is 32.9 Å². The maximum atomic E-state index is 12.4. The van der Waals surface area contributed by atoms with E-state index in [9.17, 15) is 8.42 Å². The maximum absolute atomic E-state index is 12.4. The van der Waals surface area contributed by atoms with Gasteiger partial charge >= 0.3 is 0 Å². The molecule has 0 aliphatic heterocycles. The van der Waals surface area contributed by atoms with Crippen LogP contribution in [0.3, 0.4) is 0 Å². The topological polar surface area (TPSA) is 58.2 Å². The highest BCUT2D eigenvalue weighted by atomic mass is 79.9. The number of hydrogen-bond donors (Lipinski definition) is 2. The lowest BCUT2D eigenvalue weighted by Gasteiger charge is -2.12. The number of halogens is 1. The van der Waals surface area contributed by atoms with Gasteiger partial charge in [0.25, 0.3) is 0 Å². The number of nitrogens with one attached hydrogen (secondary N) is 2. The first-order valence-corrected chi connectivity index (χ1v) is 9.63. The van der Waals surface area contributed by atoms with E-state index >= 15 is 0 Å². The molecule has 0 unspecified atom stereocenters. The Kier molecular flexibility index (Phi) is 7.87. The van der Waals surface area contributed by atoms with Crippen LogP contribution in [-0.4, -0.2) is 22.0 Å². The number of rotatable bonds is 9. The molecular formula is C15H25BrN2O2S. The number of hydrogen-bond acceptors (Lipinski definition) is 3. The molecule has 21 heavy (non-hydrogen) atoms. The predicted molar refractivity (Wildman–Crippen MR) is 91.0 cm³/mol. The molecule has 0 aromatic heterocycles. The van der Waals surface area contributed by atoms with Crippen LogP contribution in [0.5, 0.6) is 0 Å². The van der Waals surface area contributed by atoms with Crippen LogP contribution in [0, 0.1) is 6.92 Å². The van der Waals surface area contributed by atoms with Gasteiger partial charge < -0.3 is 5.32 Å². The van der Waals surface area contributed by atoms with Gasteiger partial charge in [-0.2, -0.15) is 0 Å². The lowest BCUT2D eigenvalue weighted by molar-refractivity contribution is 0.573. The first-order chi connectivity index (χ1) is 9.92. The van der Waals surface area contributed by atoms with Crippen molar-refractivity contribution in [2.75, 3.05) is 13.6 Å². The fraction of sp³-hybridized carbons (Fsp3) is 0.600. The lowest BCUT2D eigenvalue weighted by atomic mass is 10.1. The third-order valence-corrected chi connectivity index (χ3v) is 6.07. The third kappa shape index (κ3) is 5.70. The predicted octanol–water partition coefficient (Wildman–Crippen LogP) is 3.34. The summed E-state index contributed by atoms with van der Waals surface area (Å²) in [5.74, 6) is 0. The zero-order valence-corrected chi connectivity index (χ0v) is 15.4. The minimum Gasteiger partial charge on any atom is -0.316 e. The monoisotopic (exact) mass is 376 g/mol. The van der Waals surface area contributed by atoms with E-state index in [-0.39, 0.29) is 0 Å². The van der Waals surface area contributed by atoms with Crippen molar-refractivity contribution in [3.8, 4) is 0 Å². The second kappa shape index (κ2) is 8.88. The number of aryl methyl sites for hydroxylation is 1. The molecule has 0 aliphatic carbocycles. The average molecular weight is 377 g/mol. The van der Waals surface area contributed by atoms with E-state index < -0.39 is 10.0 Å². The minimum atomic E-state index is -3.47. The van der Waals surface area contributed by atoms with Gasteiger partial charge in [0.05, 0.1) is 4.90 Å². The summed E-state index contributed by atoms with van der Waals surface area (Å²) >= 11 is 3.40. The van der Waals surface area contributed by atoms with Gasteiger partial charge in [-0.05, 0) is 53.5 Å². The summed E-state index contributed by atoms with van der Waals surface area (Å²) in [5, 5.41) is 3.05. The van der Waals surface area contributed by atoms with E-state index in [0.29, 0.717) is 22.5 Å². The van der Waals surface area contributed by atoms with E-state index in [1.54, 1.807) is 6.07 Å². The Morgan fingerprint density at radius 2 is 1.90 bits per heavy atom. The molecule has 1 rings (SSSR count). The van der Waals surface area contributed by atoms with E-state index in [0.717, 1.165) is 36.8 Å². The molecule has 120 valence electrons. The quantitative estimate of drug-likeness (QED) is 0.649. The summed E-state index contributed by atoms with van der Waals surface area (Å²) in [4.78, 5) is 0.322. The Morgan fingerprint density at radius 3 is 2.52 bits per heavy atom. The molecule has 0 saturated heterocycles. The molecule has 0 bridgehead atoms. The molecule has 1 aromatic rings. The van der Waals surface area contributed by atoms with E-state index in [1.807, 2.05) is 20.0 Å². The van der Waals surface area contributed by atoms with Crippen LogP contribution in [0.4, 0.5) is 0 Å². The van der Waals surface area contributed by atoms with Gasteiger partial charge in [0.15, 0.2) is 0 Å². The number of benzene rings is 1. The second-order valence-corrected chi connectivity index (χ2v) is 7.74. The van der Waals surface area contributed by atoms with E-state index in [1.165, 1.54) is 0 Å². The number of unbranched alkanes of at least 4 members (excludes halogenated alkanes) is 3. The summed E-state index contributed by atoms with van der Waals surface area (Å²) < 4.78 is 28.2. The summed E-state index contributed by atoms with van der Waals surface area (Å²) in [5.41, 5.74) is 1.89. The molecule has 0 saturated carbocycles. The summed E-state index contributed by atoms with van der Waals surface area (Å²) in [6.07, 6.45) is 4.21. The Labute approximate surface area is 136 Å². The van der Waals surface area contributed by atoms with Crippen LogP contribution in [-0.2, 0) is 16.6 Å². The van der Waals surface area contributed by atoms with Crippen LogP contribution in [0.1, 0.15) is 43.7 Å². The Hall–Kier alpha value is -0.430. The van der Waals surface area contributed by atoms with Gasteiger partial charge in [0.1, 0.15) is 0 Å². The van der Waals surface area contributed by atoms with Crippen LogP contribution in [0.15, 0.2) is 21.5 Å². The van der Waals surface area contributed by atoms with Gasteiger partial charge in [0.2, 0.25) is 10.0 Å². The van der Waals surface area contributed by atoms with Crippen molar-refractivity contribution in [3.05, 3.63) is 27.7 Å². The van der Waals surface area contributed by atoms with Crippen LogP contribution >= 0.6 is 15.9 Å². The molecule has 2 N–H and O–H groups in total. The normalized spacial score (nSPS) is 11.8. The zero-order valence-electron chi connectivity index (χ0n) is 13.0. The van der Waals surface area contributed by atoms with Gasteiger partial charge in [-0.15, -0.1) is 0 Å². The highest BCUT2D eigenvalue weighted by Crippen LogP contribution is 2.27. The fourth-order valence-corrected chi connectivity index (χ4v) is 4.29. The van der Waals surface area contributed by atoms with Gasteiger partial charge in [-0.1, -0.05) is 32.3 Å². The third-order valence-electron chi connectivity index (χ3n) is 3.27. The molecule has 0 amide bonds. The molecule has 0 atom stereocenters. The smallest absolute Gasteiger partial charge is 0.241 e. The van der Waals surface area contributed by atoms with Crippen LogP contribution in [0.2, 0.25) is 0 Å². The van der Waals surface area contributed by atoms with Gasteiger partial charge in [0, 0.05) is 17.6 Å². The maximum Gasteiger partial charge on any atom is 0.241 e. The Balaban J connectivity index is 2.86. The second-order valence-electron chi connectivity index (χ2n) is 5.21. The van der Waals surface area contributed by atoms with Gasteiger partial charge in [-0.3, -0.25) is 0 Å². The molecular weight excluding hydrogens is 352 g/mol. The summed E-state index contributed by atoms with van der Waals surface area (Å²) in [6, 6.07) is 3.71. The molecule has 0 radical (unpaired) electrons. The molecule has 0 heterocycles. The average Bonchev–Trinajstić information content (AvgIpc) is 2.42. The Bertz CT molecular complexity index is 559. The molecule has 0 aliphatic rings.